The van der Waals surface area contributed by atoms with Crippen molar-refractivity contribution in [3.05, 3.63) is 34.3 Å². The molecule has 0 saturated heterocycles. The second-order valence-electron chi connectivity index (χ2n) is 4.53. The van der Waals surface area contributed by atoms with E-state index in [1.54, 1.807) is 0 Å². The third-order valence-electron chi connectivity index (χ3n) is 2.89. The standard InChI is InChI=1S/C14H22BrNO/c1-3-14(16-10-11(2)17)9-6-12-4-7-13(15)8-5-12/h4-5,7-8,11,14,16-17H,3,6,9-10H2,1-2H3. The van der Waals surface area contributed by atoms with E-state index < -0.39 is 0 Å². The average Bonchev–Trinajstić information content (AvgIpc) is 2.31. The molecule has 3 heteroatoms. The first-order valence-electron chi connectivity index (χ1n) is 6.27. The van der Waals surface area contributed by atoms with Gasteiger partial charge in [-0.05, 0) is 43.9 Å². The summed E-state index contributed by atoms with van der Waals surface area (Å²) in [6.45, 7) is 4.68. The van der Waals surface area contributed by atoms with Crippen LogP contribution in [-0.2, 0) is 6.42 Å². The van der Waals surface area contributed by atoms with E-state index in [0.717, 1.165) is 23.7 Å². The number of hydrogen-bond donors (Lipinski definition) is 2. The topological polar surface area (TPSA) is 32.3 Å². The maximum absolute atomic E-state index is 9.24. The van der Waals surface area contributed by atoms with Gasteiger partial charge in [0.1, 0.15) is 0 Å². The van der Waals surface area contributed by atoms with E-state index in [1.807, 2.05) is 6.92 Å². The Balaban J connectivity index is 2.34. The summed E-state index contributed by atoms with van der Waals surface area (Å²) in [6, 6.07) is 8.98. The fraction of sp³-hybridized carbons (Fsp3) is 0.571. The number of hydrogen-bond acceptors (Lipinski definition) is 2. The van der Waals surface area contributed by atoms with Crippen LogP contribution in [0.3, 0.4) is 0 Å². The summed E-state index contributed by atoms with van der Waals surface area (Å²) in [7, 11) is 0. The number of halogens is 1. The summed E-state index contributed by atoms with van der Waals surface area (Å²) in [4.78, 5) is 0. The highest BCUT2D eigenvalue weighted by atomic mass is 79.9. The summed E-state index contributed by atoms with van der Waals surface area (Å²) in [5.74, 6) is 0. The molecule has 0 bridgehead atoms. The van der Waals surface area contributed by atoms with Crippen molar-refractivity contribution in [2.45, 2.75) is 45.3 Å². The highest BCUT2D eigenvalue weighted by Gasteiger charge is 2.07. The van der Waals surface area contributed by atoms with Crippen LogP contribution in [0.4, 0.5) is 0 Å². The molecule has 0 aliphatic carbocycles. The highest BCUT2D eigenvalue weighted by molar-refractivity contribution is 9.10. The van der Waals surface area contributed by atoms with Crippen molar-refractivity contribution in [1.82, 2.24) is 5.32 Å². The summed E-state index contributed by atoms with van der Waals surface area (Å²) in [5.41, 5.74) is 1.37. The molecule has 0 aromatic heterocycles. The molecule has 0 fully saturated rings. The molecule has 0 aliphatic heterocycles. The number of aryl methyl sites for hydroxylation is 1. The number of nitrogens with one attached hydrogen (secondary N) is 1. The summed E-state index contributed by atoms with van der Waals surface area (Å²) in [5, 5.41) is 12.6. The number of aliphatic hydroxyl groups is 1. The quantitative estimate of drug-likeness (QED) is 0.811. The van der Waals surface area contributed by atoms with Crippen molar-refractivity contribution in [2.75, 3.05) is 6.54 Å². The Morgan fingerprint density at radius 1 is 1.29 bits per heavy atom. The van der Waals surface area contributed by atoms with E-state index >= 15 is 0 Å². The lowest BCUT2D eigenvalue weighted by Gasteiger charge is -2.18. The molecule has 2 nitrogen and oxygen atoms in total. The van der Waals surface area contributed by atoms with Crippen LogP contribution in [0, 0.1) is 0 Å². The van der Waals surface area contributed by atoms with Crippen LogP contribution in [0.15, 0.2) is 28.7 Å². The molecule has 1 aromatic carbocycles. The third-order valence-corrected chi connectivity index (χ3v) is 3.42. The third kappa shape index (κ3) is 6.20. The molecule has 0 amide bonds. The van der Waals surface area contributed by atoms with Gasteiger partial charge in [0.25, 0.3) is 0 Å². The predicted octanol–water partition coefficient (Wildman–Crippen LogP) is 3.13. The summed E-state index contributed by atoms with van der Waals surface area (Å²) in [6.07, 6.45) is 3.03. The van der Waals surface area contributed by atoms with E-state index in [-0.39, 0.29) is 6.10 Å². The molecule has 96 valence electrons. The van der Waals surface area contributed by atoms with Crippen molar-refractivity contribution in [3.8, 4) is 0 Å². The summed E-state index contributed by atoms with van der Waals surface area (Å²) < 4.78 is 1.13. The van der Waals surface area contributed by atoms with Crippen LogP contribution < -0.4 is 5.32 Å². The van der Waals surface area contributed by atoms with Crippen LogP contribution in [0.2, 0.25) is 0 Å². The number of rotatable bonds is 7. The van der Waals surface area contributed by atoms with Crippen molar-refractivity contribution >= 4 is 15.9 Å². The van der Waals surface area contributed by atoms with Crippen molar-refractivity contribution in [2.24, 2.45) is 0 Å². The number of benzene rings is 1. The Bertz CT molecular complexity index is 311. The molecule has 1 rings (SSSR count). The maximum Gasteiger partial charge on any atom is 0.0636 e. The fourth-order valence-electron chi connectivity index (χ4n) is 1.78. The monoisotopic (exact) mass is 299 g/mol. The van der Waals surface area contributed by atoms with Gasteiger partial charge >= 0.3 is 0 Å². The van der Waals surface area contributed by atoms with Crippen LogP contribution in [0.1, 0.15) is 32.3 Å². The second kappa shape index (κ2) is 7.85. The van der Waals surface area contributed by atoms with Gasteiger partial charge in [0.2, 0.25) is 0 Å². The average molecular weight is 300 g/mol. The normalized spacial score (nSPS) is 14.6. The maximum atomic E-state index is 9.24. The van der Waals surface area contributed by atoms with Crippen LogP contribution in [0.5, 0.6) is 0 Å². The Hall–Kier alpha value is -0.380. The lowest BCUT2D eigenvalue weighted by atomic mass is 10.0. The Labute approximate surface area is 113 Å². The molecule has 0 spiro atoms. The molecule has 2 atom stereocenters. The van der Waals surface area contributed by atoms with Crippen LogP contribution >= 0.6 is 15.9 Å². The van der Waals surface area contributed by atoms with E-state index in [4.69, 9.17) is 0 Å². The molecule has 1 aromatic rings. The Kier molecular flexibility index (Phi) is 6.78. The van der Waals surface area contributed by atoms with Crippen molar-refractivity contribution in [1.29, 1.82) is 0 Å². The molecule has 17 heavy (non-hydrogen) atoms. The molecule has 0 heterocycles. The van der Waals surface area contributed by atoms with Gasteiger partial charge < -0.3 is 10.4 Å². The molecule has 2 N–H and O–H groups in total. The zero-order chi connectivity index (χ0) is 12.7. The first-order chi connectivity index (χ1) is 8.11. The van der Waals surface area contributed by atoms with E-state index in [0.29, 0.717) is 12.6 Å². The van der Waals surface area contributed by atoms with Gasteiger partial charge in [0, 0.05) is 17.1 Å². The minimum Gasteiger partial charge on any atom is -0.392 e. The van der Waals surface area contributed by atoms with Gasteiger partial charge in [-0.3, -0.25) is 0 Å². The highest BCUT2D eigenvalue weighted by Crippen LogP contribution is 2.13. The van der Waals surface area contributed by atoms with Crippen LogP contribution in [-0.4, -0.2) is 23.8 Å². The number of aliphatic hydroxyl groups excluding tert-OH is 1. The van der Waals surface area contributed by atoms with E-state index in [2.05, 4.69) is 52.4 Å². The molecule has 0 radical (unpaired) electrons. The Morgan fingerprint density at radius 3 is 2.47 bits per heavy atom. The minimum absolute atomic E-state index is 0.267. The molecular formula is C14H22BrNO. The second-order valence-corrected chi connectivity index (χ2v) is 5.44. The van der Waals surface area contributed by atoms with Gasteiger partial charge in [0.05, 0.1) is 6.10 Å². The first kappa shape index (κ1) is 14.7. The van der Waals surface area contributed by atoms with Gasteiger partial charge in [-0.1, -0.05) is 35.0 Å². The van der Waals surface area contributed by atoms with Gasteiger partial charge in [0.15, 0.2) is 0 Å². The van der Waals surface area contributed by atoms with Crippen LogP contribution in [0.25, 0.3) is 0 Å². The van der Waals surface area contributed by atoms with E-state index in [1.165, 1.54) is 5.56 Å². The lowest BCUT2D eigenvalue weighted by Crippen LogP contribution is -2.34. The minimum atomic E-state index is -0.267. The smallest absolute Gasteiger partial charge is 0.0636 e. The fourth-order valence-corrected chi connectivity index (χ4v) is 2.04. The SMILES string of the molecule is CCC(CCc1ccc(Br)cc1)NCC(C)O. The molecule has 0 aliphatic rings. The van der Waals surface area contributed by atoms with Crippen molar-refractivity contribution in [3.63, 3.8) is 0 Å². The first-order valence-corrected chi connectivity index (χ1v) is 7.07. The summed E-state index contributed by atoms with van der Waals surface area (Å²) >= 11 is 3.44. The van der Waals surface area contributed by atoms with E-state index in [9.17, 15) is 5.11 Å². The van der Waals surface area contributed by atoms with Gasteiger partial charge in [-0.25, -0.2) is 0 Å². The zero-order valence-corrected chi connectivity index (χ0v) is 12.2. The zero-order valence-electron chi connectivity index (χ0n) is 10.6. The van der Waals surface area contributed by atoms with Gasteiger partial charge in [-0.2, -0.15) is 0 Å². The molecular weight excluding hydrogens is 278 g/mol. The molecule has 2 unspecified atom stereocenters. The Morgan fingerprint density at radius 2 is 1.94 bits per heavy atom. The largest absolute Gasteiger partial charge is 0.392 e. The predicted molar refractivity (Wildman–Crippen MR) is 76.2 cm³/mol. The van der Waals surface area contributed by atoms with Gasteiger partial charge in [-0.15, -0.1) is 0 Å². The lowest BCUT2D eigenvalue weighted by molar-refractivity contribution is 0.184. The van der Waals surface area contributed by atoms with Crippen molar-refractivity contribution < 1.29 is 5.11 Å². The molecule has 0 saturated carbocycles.